The number of carbonyl (C=O) groups excluding carboxylic acids is 3. The number of amides is 3. The number of nitrogens with two attached hydrogens (primary N) is 1. The molecule has 3 amide bonds. The van der Waals surface area contributed by atoms with Gasteiger partial charge in [0.05, 0.1) is 18.3 Å². The zero-order valence-electron chi connectivity index (χ0n) is 16.2. The molecule has 0 heterocycles. The lowest BCUT2D eigenvalue weighted by Gasteiger charge is -2.23. The first-order chi connectivity index (χ1) is 14.3. The normalized spacial score (nSPS) is 23.1. The van der Waals surface area contributed by atoms with Gasteiger partial charge in [0.2, 0.25) is 11.8 Å². The summed E-state index contributed by atoms with van der Waals surface area (Å²) < 4.78 is 4.87. The van der Waals surface area contributed by atoms with Gasteiger partial charge in [0.15, 0.2) is 0 Å². The summed E-state index contributed by atoms with van der Waals surface area (Å²) in [5.74, 6) is -2.77. The molecule has 2 bridgehead atoms. The van der Waals surface area contributed by atoms with E-state index in [0.29, 0.717) is 0 Å². The zero-order valence-corrected chi connectivity index (χ0v) is 16.2. The van der Waals surface area contributed by atoms with Gasteiger partial charge in [-0.05, 0) is 23.8 Å². The van der Waals surface area contributed by atoms with Gasteiger partial charge >= 0.3 is 12.1 Å². The van der Waals surface area contributed by atoms with Crippen LogP contribution in [-0.4, -0.2) is 40.7 Å². The molecule has 2 aliphatic carbocycles. The highest BCUT2D eigenvalue weighted by atomic mass is 16.5. The third kappa shape index (κ3) is 6.31. The lowest BCUT2D eigenvalue weighted by molar-refractivity contribution is -0.139. The molecule has 6 N–H and O–H groups in total. The molecule has 0 radical (unpaired) electrons. The van der Waals surface area contributed by atoms with E-state index in [1.165, 1.54) is 0 Å². The molecule has 30 heavy (non-hydrogen) atoms. The summed E-state index contributed by atoms with van der Waals surface area (Å²) in [6, 6.07) is 9.24. The van der Waals surface area contributed by atoms with Crippen molar-refractivity contribution in [2.75, 3.05) is 6.54 Å². The Morgan fingerprint density at radius 3 is 2.27 bits per heavy atom. The number of ether oxygens (including phenoxy) is 1. The molecule has 162 valence electrons. The number of aliphatic carboxylic acids is 1. The molecule has 4 unspecified atom stereocenters. The van der Waals surface area contributed by atoms with Crippen molar-refractivity contribution in [2.24, 2.45) is 29.4 Å². The van der Waals surface area contributed by atoms with Crippen LogP contribution in [0.15, 0.2) is 42.5 Å². The van der Waals surface area contributed by atoms with Crippen LogP contribution < -0.4 is 16.5 Å². The number of hydrogen-bond acceptors (Lipinski definition) is 6. The molecular formula is C20H25N3O7. The minimum absolute atomic E-state index is 0.0460. The maximum Gasteiger partial charge on any atom is 0.407 e. The van der Waals surface area contributed by atoms with Crippen LogP contribution in [0.4, 0.5) is 4.79 Å². The predicted octanol–water partition coefficient (Wildman–Crippen LogP) is 0.803. The minimum atomic E-state index is -0.955. The summed E-state index contributed by atoms with van der Waals surface area (Å²) in [5, 5.41) is 19.2. The molecule has 2 aliphatic rings. The van der Waals surface area contributed by atoms with E-state index in [0.717, 1.165) is 12.0 Å². The van der Waals surface area contributed by atoms with Crippen molar-refractivity contribution in [3.05, 3.63) is 48.0 Å². The van der Waals surface area contributed by atoms with E-state index >= 15 is 0 Å². The van der Waals surface area contributed by atoms with Crippen LogP contribution in [0.25, 0.3) is 0 Å². The first-order valence-electron chi connectivity index (χ1n) is 9.41. The number of nitrogens with one attached hydrogen (secondary N) is 2. The van der Waals surface area contributed by atoms with Gasteiger partial charge in [0.25, 0.3) is 0 Å². The average Bonchev–Trinajstić information content (AvgIpc) is 3.34. The molecule has 10 heteroatoms. The number of rotatable bonds is 7. The zero-order chi connectivity index (χ0) is 22.1. The Bertz CT molecular complexity index is 797. The first-order valence-corrected chi connectivity index (χ1v) is 9.41. The summed E-state index contributed by atoms with van der Waals surface area (Å²) in [7, 11) is 0. The Labute approximate surface area is 173 Å². The van der Waals surface area contributed by atoms with Gasteiger partial charge in [0, 0.05) is 6.54 Å². The molecule has 0 aromatic heterocycles. The molecule has 0 aliphatic heterocycles. The fourth-order valence-electron chi connectivity index (χ4n) is 3.69. The highest BCUT2D eigenvalue weighted by Crippen LogP contribution is 2.47. The van der Waals surface area contributed by atoms with Crippen molar-refractivity contribution >= 4 is 23.9 Å². The quantitative estimate of drug-likeness (QED) is 0.247. The maximum absolute atomic E-state index is 11.3. The first kappa shape index (κ1) is 22.9. The molecule has 4 atom stereocenters. The third-order valence-electron chi connectivity index (χ3n) is 5.02. The topological polar surface area (TPSA) is 168 Å². The molecule has 10 nitrogen and oxygen atoms in total. The Morgan fingerprint density at radius 2 is 1.70 bits per heavy atom. The van der Waals surface area contributed by atoms with E-state index in [-0.39, 0.29) is 31.4 Å². The second kappa shape index (κ2) is 11.0. The van der Waals surface area contributed by atoms with E-state index in [9.17, 15) is 19.2 Å². The number of fused-ring (bicyclic) bond motifs is 2. The SMILES string of the molecule is NC(=O)C1C2C=CC(C2)C1C(=O)NO.O=C(O)CCNC(=O)OCc1ccccc1. The lowest BCUT2D eigenvalue weighted by Crippen LogP contribution is -2.41. The molecule has 1 saturated carbocycles. The van der Waals surface area contributed by atoms with E-state index in [1.807, 2.05) is 42.5 Å². The highest BCUT2D eigenvalue weighted by molar-refractivity contribution is 5.88. The second-order valence-electron chi connectivity index (χ2n) is 7.01. The smallest absolute Gasteiger partial charge is 0.407 e. The second-order valence-corrected chi connectivity index (χ2v) is 7.01. The van der Waals surface area contributed by atoms with Gasteiger partial charge in [-0.15, -0.1) is 0 Å². The Hall–Kier alpha value is -3.40. The molecule has 3 rings (SSSR count). The van der Waals surface area contributed by atoms with Crippen LogP contribution >= 0.6 is 0 Å². The van der Waals surface area contributed by atoms with Gasteiger partial charge in [-0.25, -0.2) is 10.3 Å². The lowest BCUT2D eigenvalue weighted by atomic mass is 9.82. The van der Waals surface area contributed by atoms with Crippen LogP contribution in [0.3, 0.4) is 0 Å². The van der Waals surface area contributed by atoms with Gasteiger partial charge < -0.3 is 20.9 Å². The molecular weight excluding hydrogens is 394 g/mol. The molecule has 0 spiro atoms. The van der Waals surface area contributed by atoms with Crippen LogP contribution in [-0.2, 0) is 25.7 Å². The van der Waals surface area contributed by atoms with Crippen molar-refractivity contribution in [1.82, 2.24) is 10.8 Å². The van der Waals surface area contributed by atoms with Crippen molar-refractivity contribution in [2.45, 2.75) is 19.4 Å². The summed E-state index contributed by atoms with van der Waals surface area (Å²) in [5.41, 5.74) is 7.71. The van der Waals surface area contributed by atoms with Gasteiger partial charge in [-0.3, -0.25) is 19.6 Å². The van der Waals surface area contributed by atoms with Crippen LogP contribution in [0.5, 0.6) is 0 Å². The standard InChI is InChI=1S/C11H13NO4.C9H12N2O3/c13-10(14)6-7-12-11(15)16-8-9-4-2-1-3-5-9;10-8(12)6-4-1-2-5(3-4)7(6)9(13)11-14/h1-5H,6-8H2,(H,12,15)(H,13,14);1-2,4-7,14H,3H2,(H2,10,12)(H,11,13). The van der Waals surface area contributed by atoms with Gasteiger partial charge in [-0.1, -0.05) is 42.5 Å². The maximum atomic E-state index is 11.3. The largest absolute Gasteiger partial charge is 0.481 e. The number of carbonyl (C=O) groups is 4. The number of hydroxylamine groups is 1. The predicted molar refractivity (Wildman–Crippen MR) is 104 cm³/mol. The van der Waals surface area contributed by atoms with Gasteiger partial charge in [0.1, 0.15) is 6.61 Å². The fourth-order valence-corrected chi connectivity index (χ4v) is 3.69. The molecule has 1 fully saturated rings. The van der Waals surface area contributed by atoms with E-state index in [4.69, 9.17) is 20.8 Å². The molecule has 1 aromatic rings. The van der Waals surface area contributed by atoms with E-state index in [2.05, 4.69) is 5.32 Å². The number of alkyl carbamates (subject to hydrolysis) is 1. The van der Waals surface area contributed by atoms with Crippen molar-refractivity contribution in [1.29, 1.82) is 0 Å². The van der Waals surface area contributed by atoms with Crippen LogP contribution in [0.1, 0.15) is 18.4 Å². The minimum Gasteiger partial charge on any atom is -0.481 e. The number of hydrogen-bond donors (Lipinski definition) is 5. The van der Waals surface area contributed by atoms with Crippen LogP contribution in [0.2, 0.25) is 0 Å². The van der Waals surface area contributed by atoms with E-state index in [1.54, 1.807) is 5.48 Å². The summed E-state index contributed by atoms with van der Waals surface area (Å²) in [6.45, 7) is 0.253. The summed E-state index contributed by atoms with van der Waals surface area (Å²) in [6.07, 6.45) is 3.92. The Kier molecular flexibility index (Phi) is 8.36. The number of carboxylic acid groups (broad SMARTS) is 1. The number of carboxylic acids is 1. The number of benzene rings is 1. The van der Waals surface area contributed by atoms with Gasteiger partial charge in [-0.2, -0.15) is 0 Å². The Morgan fingerprint density at radius 1 is 1.07 bits per heavy atom. The average molecular weight is 419 g/mol. The summed E-state index contributed by atoms with van der Waals surface area (Å²) in [4.78, 5) is 43.7. The van der Waals surface area contributed by atoms with Crippen molar-refractivity contribution < 1.29 is 34.2 Å². The molecule has 0 saturated heterocycles. The molecule has 1 aromatic carbocycles. The van der Waals surface area contributed by atoms with Crippen molar-refractivity contribution in [3.63, 3.8) is 0 Å². The Balaban J connectivity index is 0.000000215. The number of primary amides is 1. The van der Waals surface area contributed by atoms with Crippen molar-refractivity contribution in [3.8, 4) is 0 Å². The highest BCUT2D eigenvalue weighted by Gasteiger charge is 2.50. The number of allylic oxidation sites excluding steroid dienone is 2. The van der Waals surface area contributed by atoms with E-state index < -0.39 is 35.7 Å². The fraction of sp³-hybridized carbons (Fsp3) is 0.400. The monoisotopic (exact) mass is 419 g/mol. The summed E-state index contributed by atoms with van der Waals surface area (Å²) >= 11 is 0. The van der Waals surface area contributed by atoms with Crippen LogP contribution in [0, 0.1) is 23.7 Å². The third-order valence-corrected chi connectivity index (χ3v) is 5.02.